The third-order valence-electron chi connectivity index (χ3n) is 6.05. The molecule has 2 amide bonds. The highest BCUT2D eigenvalue weighted by Crippen LogP contribution is 2.33. The van der Waals surface area contributed by atoms with Crippen molar-refractivity contribution in [3.8, 4) is 0 Å². The molecular weight excluding hydrogens is 424 g/mol. The fourth-order valence-electron chi connectivity index (χ4n) is 4.41. The van der Waals surface area contributed by atoms with Gasteiger partial charge in [0.1, 0.15) is 0 Å². The van der Waals surface area contributed by atoms with Gasteiger partial charge in [-0.25, -0.2) is 0 Å². The van der Waals surface area contributed by atoms with Gasteiger partial charge in [-0.05, 0) is 62.1 Å². The Kier molecular flexibility index (Phi) is 6.65. The monoisotopic (exact) mass is 450 g/mol. The third kappa shape index (κ3) is 4.72. The van der Waals surface area contributed by atoms with Crippen molar-refractivity contribution in [1.82, 2.24) is 0 Å². The highest BCUT2D eigenvalue weighted by atomic mass is 32.2. The Hall–Kier alpha value is -3.06. The van der Waals surface area contributed by atoms with E-state index in [1.165, 1.54) is 17.3 Å². The number of rotatable bonds is 6. The predicted octanol–water partition coefficient (Wildman–Crippen LogP) is 4.36. The molecule has 7 heteroatoms. The minimum Gasteiger partial charge on any atom is -0.481 e. The molecule has 2 aliphatic rings. The zero-order valence-electron chi connectivity index (χ0n) is 17.9. The topological polar surface area (TPSA) is 86.7 Å². The molecule has 0 saturated heterocycles. The van der Waals surface area contributed by atoms with Crippen LogP contribution in [0.5, 0.6) is 0 Å². The maximum absolute atomic E-state index is 12.9. The minimum absolute atomic E-state index is 0.0786. The van der Waals surface area contributed by atoms with Gasteiger partial charge in [-0.3, -0.25) is 14.4 Å². The van der Waals surface area contributed by atoms with Gasteiger partial charge in [0, 0.05) is 22.3 Å². The SMILES string of the molecule is C[C@@H]1Cc2ccccc2N1C(=O)CSc1ccc(NC(=O)[C@@H]2CC=CC[C@@H]2C(=O)O)cc1. The van der Waals surface area contributed by atoms with E-state index in [-0.39, 0.29) is 17.9 Å². The average Bonchev–Trinajstić information content (AvgIpc) is 3.14. The van der Waals surface area contributed by atoms with Crippen LogP contribution in [0.25, 0.3) is 0 Å². The van der Waals surface area contributed by atoms with Gasteiger partial charge in [-0.15, -0.1) is 11.8 Å². The second-order valence-corrected chi connectivity index (χ2v) is 9.29. The summed E-state index contributed by atoms with van der Waals surface area (Å²) in [5.41, 5.74) is 2.82. The highest BCUT2D eigenvalue weighted by Gasteiger charge is 2.34. The van der Waals surface area contributed by atoms with E-state index in [0.29, 0.717) is 24.3 Å². The molecule has 4 rings (SSSR count). The van der Waals surface area contributed by atoms with E-state index in [1.807, 2.05) is 47.4 Å². The molecule has 32 heavy (non-hydrogen) atoms. The number of fused-ring (bicyclic) bond motifs is 1. The van der Waals surface area contributed by atoms with Crippen molar-refractivity contribution in [2.45, 2.75) is 37.1 Å². The number of carbonyl (C=O) groups is 3. The van der Waals surface area contributed by atoms with Crippen molar-refractivity contribution in [3.05, 3.63) is 66.2 Å². The number of carboxylic acids is 1. The normalized spacial score (nSPS) is 21.8. The summed E-state index contributed by atoms with van der Waals surface area (Å²) in [5.74, 6) is -2.08. The molecule has 3 atom stereocenters. The smallest absolute Gasteiger partial charge is 0.307 e. The lowest BCUT2D eigenvalue weighted by molar-refractivity contribution is -0.146. The molecule has 0 unspecified atom stereocenters. The first kappa shape index (κ1) is 22.1. The quantitative estimate of drug-likeness (QED) is 0.504. The van der Waals surface area contributed by atoms with E-state index in [1.54, 1.807) is 12.1 Å². The molecule has 6 nitrogen and oxygen atoms in total. The summed E-state index contributed by atoms with van der Waals surface area (Å²) in [5, 5.41) is 12.2. The van der Waals surface area contributed by atoms with Gasteiger partial charge in [-0.1, -0.05) is 30.4 Å². The number of benzene rings is 2. The number of carboxylic acid groups (broad SMARTS) is 1. The average molecular weight is 451 g/mol. The number of carbonyl (C=O) groups excluding carboxylic acids is 2. The summed E-state index contributed by atoms with van der Waals surface area (Å²) in [6, 6.07) is 15.5. The number of hydrogen-bond donors (Lipinski definition) is 2. The van der Waals surface area contributed by atoms with Crippen molar-refractivity contribution in [2.75, 3.05) is 16.0 Å². The van der Waals surface area contributed by atoms with E-state index in [9.17, 15) is 19.5 Å². The molecule has 1 aliphatic heterocycles. The lowest BCUT2D eigenvalue weighted by Crippen LogP contribution is -2.36. The fourth-order valence-corrected chi connectivity index (χ4v) is 5.16. The van der Waals surface area contributed by atoms with E-state index in [0.717, 1.165) is 17.0 Å². The van der Waals surface area contributed by atoms with Crippen molar-refractivity contribution < 1.29 is 19.5 Å². The third-order valence-corrected chi connectivity index (χ3v) is 7.04. The van der Waals surface area contributed by atoms with E-state index in [2.05, 4.69) is 18.3 Å². The summed E-state index contributed by atoms with van der Waals surface area (Å²) in [4.78, 5) is 39.7. The maximum Gasteiger partial charge on any atom is 0.307 e. The van der Waals surface area contributed by atoms with Crippen LogP contribution in [0.15, 0.2) is 65.6 Å². The number of nitrogens with zero attached hydrogens (tertiary/aromatic N) is 1. The van der Waals surface area contributed by atoms with Crippen molar-refractivity contribution in [3.63, 3.8) is 0 Å². The van der Waals surface area contributed by atoms with E-state index < -0.39 is 17.8 Å². The van der Waals surface area contributed by atoms with Gasteiger partial charge < -0.3 is 15.3 Å². The maximum atomic E-state index is 12.9. The summed E-state index contributed by atoms with van der Waals surface area (Å²) in [6.07, 6.45) is 5.35. The molecule has 2 N–H and O–H groups in total. The number of thioether (sulfide) groups is 1. The van der Waals surface area contributed by atoms with Gasteiger partial charge in [-0.2, -0.15) is 0 Å². The molecule has 166 valence electrons. The number of allylic oxidation sites excluding steroid dienone is 2. The first-order valence-electron chi connectivity index (χ1n) is 10.8. The summed E-state index contributed by atoms with van der Waals surface area (Å²) >= 11 is 1.46. The van der Waals surface area contributed by atoms with Gasteiger partial charge >= 0.3 is 5.97 Å². The Morgan fingerprint density at radius 3 is 2.44 bits per heavy atom. The van der Waals surface area contributed by atoms with Crippen molar-refractivity contribution in [2.24, 2.45) is 11.8 Å². The summed E-state index contributed by atoms with van der Waals surface area (Å²) < 4.78 is 0. The van der Waals surface area contributed by atoms with Crippen LogP contribution in [0.3, 0.4) is 0 Å². The Balaban J connectivity index is 1.33. The zero-order valence-corrected chi connectivity index (χ0v) is 18.7. The van der Waals surface area contributed by atoms with Crippen LogP contribution in [0.1, 0.15) is 25.3 Å². The van der Waals surface area contributed by atoms with Crippen LogP contribution < -0.4 is 10.2 Å². The minimum atomic E-state index is -0.944. The van der Waals surface area contributed by atoms with Crippen LogP contribution in [-0.2, 0) is 20.8 Å². The number of para-hydroxylation sites is 1. The van der Waals surface area contributed by atoms with Crippen LogP contribution >= 0.6 is 11.8 Å². The second kappa shape index (κ2) is 9.61. The fraction of sp³-hybridized carbons (Fsp3) is 0.320. The molecule has 0 radical (unpaired) electrons. The Labute approximate surface area is 191 Å². The van der Waals surface area contributed by atoms with E-state index >= 15 is 0 Å². The molecule has 1 aliphatic carbocycles. The van der Waals surface area contributed by atoms with Crippen molar-refractivity contribution in [1.29, 1.82) is 0 Å². The highest BCUT2D eigenvalue weighted by molar-refractivity contribution is 8.00. The Morgan fingerprint density at radius 2 is 1.72 bits per heavy atom. The second-order valence-electron chi connectivity index (χ2n) is 8.24. The molecule has 0 fully saturated rings. The largest absolute Gasteiger partial charge is 0.481 e. The first-order chi connectivity index (χ1) is 15.4. The van der Waals surface area contributed by atoms with Gasteiger partial charge in [0.05, 0.1) is 17.6 Å². The van der Waals surface area contributed by atoms with Crippen LogP contribution in [0.2, 0.25) is 0 Å². The van der Waals surface area contributed by atoms with Crippen LogP contribution in [-0.4, -0.2) is 34.7 Å². The molecule has 2 aromatic carbocycles. The number of nitrogens with one attached hydrogen (secondary N) is 1. The molecule has 2 aromatic rings. The summed E-state index contributed by atoms with van der Waals surface area (Å²) in [6.45, 7) is 2.07. The van der Waals surface area contributed by atoms with Crippen LogP contribution in [0, 0.1) is 11.8 Å². The number of anilines is 2. The lowest BCUT2D eigenvalue weighted by atomic mass is 9.82. The molecule has 0 spiro atoms. The Morgan fingerprint density at radius 1 is 1.03 bits per heavy atom. The van der Waals surface area contributed by atoms with Gasteiger partial charge in [0.2, 0.25) is 11.8 Å². The number of amides is 2. The van der Waals surface area contributed by atoms with Gasteiger partial charge in [0.25, 0.3) is 0 Å². The number of aliphatic carboxylic acids is 1. The van der Waals surface area contributed by atoms with Gasteiger partial charge in [0.15, 0.2) is 0 Å². The van der Waals surface area contributed by atoms with E-state index in [4.69, 9.17) is 0 Å². The molecule has 0 bridgehead atoms. The predicted molar refractivity (Wildman–Crippen MR) is 126 cm³/mol. The van der Waals surface area contributed by atoms with Crippen LogP contribution in [0.4, 0.5) is 11.4 Å². The standard InChI is InChI=1S/C25H26N2O4S/c1-16-14-17-6-2-5-9-22(17)27(16)23(28)15-32-19-12-10-18(11-13-19)26-24(29)20-7-3-4-8-21(20)25(30)31/h2-6,9-13,16,20-21H,7-8,14-15H2,1H3,(H,26,29)(H,30,31)/t16-,20-,21+/m1/s1. The molecule has 0 aromatic heterocycles. The molecule has 0 saturated carbocycles. The lowest BCUT2D eigenvalue weighted by Gasteiger charge is -2.24. The molecule has 1 heterocycles. The summed E-state index contributed by atoms with van der Waals surface area (Å²) in [7, 11) is 0. The first-order valence-corrected chi connectivity index (χ1v) is 11.7. The molecular formula is C25H26N2O4S. The Bertz CT molecular complexity index is 1050. The number of hydrogen-bond acceptors (Lipinski definition) is 4. The van der Waals surface area contributed by atoms with Crippen molar-refractivity contribution >= 4 is 40.9 Å². The zero-order chi connectivity index (χ0) is 22.7.